The van der Waals surface area contributed by atoms with Gasteiger partial charge < -0.3 is 9.84 Å². The zero-order valence-corrected chi connectivity index (χ0v) is 9.93. The predicted molar refractivity (Wildman–Crippen MR) is 62.9 cm³/mol. The number of carboxylic acids is 1. The highest BCUT2D eigenvalue weighted by atomic mass is 16.5. The van der Waals surface area contributed by atoms with Gasteiger partial charge in [0.05, 0.1) is 23.7 Å². The van der Waals surface area contributed by atoms with Gasteiger partial charge in [-0.3, -0.25) is 0 Å². The Kier molecular flexibility index (Phi) is 4.11. The van der Waals surface area contributed by atoms with Gasteiger partial charge in [0.2, 0.25) is 0 Å². The van der Waals surface area contributed by atoms with Crippen LogP contribution in [0.1, 0.15) is 30.6 Å². The van der Waals surface area contributed by atoms with Crippen molar-refractivity contribution >= 4 is 5.97 Å². The number of ether oxygens (including phenoxy) is 1. The summed E-state index contributed by atoms with van der Waals surface area (Å²) in [6.45, 7) is 4.14. The van der Waals surface area contributed by atoms with E-state index >= 15 is 0 Å². The molecule has 4 nitrogen and oxygen atoms in total. The minimum atomic E-state index is -0.956. The summed E-state index contributed by atoms with van der Waals surface area (Å²) in [5.74, 6) is -0.342. The van der Waals surface area contributed by atoms with Gasteiger partial charge in [-0.05, 0) is 44.5 Å². The predicted octanol–water partition coefficient (Wildman–Crippen LogP) is 2.70. The number of carboxylic acid groups (broad SMARTS) is 1. The zero-order chi connectivity index (χ0) is 12.9. The fourth-order valence-corrected chi connectivity index (χ4v) is 1.17. The van der Waals surface area contributed by atoms with Crippen molar-refractivity contribution in [3.63, 3.8) is 0 Å². The second kappa shape index (κ2) is 5.35. The Morgan fingerprint density at radius 1 is 1.41 bits per heavy atom. The number of rotatable bonds is 5. The van der Waals surface area contributed by atoms with E-state index in [4.69, 9.17) is 15.1 Å². The molecule has 0 aliphatic heterocycles. The van der Waals surface area contributed by atoms with Gasteiger partial charge in [-0.1, -0.05) is 0 Å². The SMILES string of the molecule is CC(C)(C#N)CCOc1ccc(C(=O)O)cc1. The maximum absolute atomic E-state index is 10.6. The van der Waals surface area contributed by atoms with Crippen LogP contribution in [-0.2, 0) is 0 Å². The molecule has 0 aromatic heterocycles. The monoisotopic (exact) mass is 233 g/mol. The first-order chi connectivity index (χ1) is 7.94. The van der Waals surface area contributed by atoms with Crippen LogP contribution in [0.4, 0.5) is 0 Å². The lowest BCUT2D eigenvalue weighted by Gasteiger charge is -2.15. The van der Waals surface area contributed by atoms with Gasteiger partial charge in [-0.25, -0.2) is 4.79 Å². The van der Waals surface area contributed by atoms with E-state index in [1.165, 1.54) is 12.1 Å². The lowest BCUT2D eigenvalue weighted by molar-refractivity contribution is 0.0697. The summed E-state index contributed by atoms with van der Waals surface area (Å²) in [4.78, 5) is 10.6. The molecule has 1 N–H and O–H groups in total. The molecule has 0 saturated heterocycles. The summed E-state index contributed by atoms with van der Waals surface area (Å²) in [6, 6.07) is 8.41. The van der Waals surface area contributed by atoms with Gasteiger partial charge in [0, 0.05) is 0 Å². The molecule has 0 spiro atoms. The van der Waals surface area contributed by atoms with E-state index in [9.17, 15) is 4.79 Å². The molecular weight excluding hydrogens is 218 g/mol. The first-order valence-corrected chi connectivity index (χ1v) is 5.32. The van der Waals surface area contributed by atoms with Crippen molar-refractivity contribution in [1.82, 2.24) is 0 Å². The fourth-order valence-electron chi connectivity index (χ4n) is 1.17. The molecule has 0 atom stereocenters. The Morgan fingerprint density at radius 3 is 2.47 bits per heavy atom. The highest BCUT2D eigenvalue weighted by molar-refractivity contribution is 5.87. The van der Waals surface area contributed by atoms with E-state index in [0.29, 0.717) is 18.8 Å². The minimum absolute atomic E-state index is 0.231. The van der Waals surface area contributed by atoms with Crippen LogP contribution in [0, 0.1) is 16.7 Å². The van der Waals surface area contributed by atoms with Crippen molar-refractivity contribution in [3.05, 3.63) is 29.8 Å². The molecule has 0 amide bonds. The Balaban J connectivity index is 2.49. The first-order valence-electron chi connectivity index (χ1n) is 5.32. The standard InChI is InChI=1S/C13H15NO3/c1-13(2,9-14)7-8-17-11-5-3-10(4-6-11)12(15)16/h3-6H,7-8H2,1-2H3,(H,15,16). The van der Waals surface area contributed by atoms with Crippen molar-refractivity contribution in [3.8, 4) is 11.8 Å². The second-order valence-corrected chi connectivity index (χ2v) is 4.42. The van der Waals surface area contributed by atoms with E-state index in [1.807, 2.05) is 13.8 Å². The molecule has 90 valence electrons. The fraction of sp³-hybridized carbons (Fsp3) is 0.385. The van der Waals surface area contributed by atoms with Gasteiger partial charge in [0.15, 0.2) is 0 Å². The van der Waals surface area contributed by atoms with Crippen LogP contribution in [0.2, 0.25) is 0 Å². The summed E-state index contributed by atoms with van der Waals surface area (Å²) in [5, 5.41) is 17.5. The molecule has 1 rings (SSSR count). The lowest BCUT2D eigenvalue weighted by atomic mass is 9.92. The quantitative estimate of drug-likeness (QED) is 0.848. The van der Waals surface area contributed by atoms with E-state index in [0.717, 1.165) is 0 Å². The van der Waals surface area contributed by atoms with Gasteiger partial charge in [-0.2, -0.15) is 5.26 Å². The Labute approximate surface area is 100 Å². The Hall–Kier alpha value is -2.02. The third-order valence-electron chi connectivity index (χ3n) is 2.40. The molecule has 0 bridgehead atoms. The van der Waals surface area contributed by atoms with Crippen LogP contribution in [0.3, 0.4) is 0 Å². The summed E-state index contributed by atoms with van der Waals surface area (Å²) in [5.41, 5.74) is -0.171. The molecule has 0 heterocycles. The molecule has 1 aromatic rings. The molecule has 0 radical (unpaired) electrons. The molecule has 0 unspecified atom stereocenters. The topological polar surface area (TPSA) is 70.3 Å². The number of hydrogen-bond acceptors (Lipinski definition) is 3. The third kappa shape index (κ3) is 4.15. The number of aromatic carboxylic acids is 1. The molecule has 0 saturated carbocycles. The van der Waals surface area contributed by atoms with E-state index in [-0.39, 0.29) is 5.56 Å². The molecule has 0 fully saturated rings. The third-order valence-corrected chi connectivity index (χ3v) is 2.40. The van der Waals surface area contributed by atoms with Crippen LogP contribution in [-0.4, -0.2) is 17.7 Å². The van der Waals surface area contributed by atoms with Crippen LogP contribution in [0.5, 0.6) is 5.75 Å². The molecule has 0 aliphatic rings. The molecule has 1 aromatic carbocycles. The second-order valence-electron chi connectivity index (χ2n) is 4.42. The summed E-state index contributed by atoms with van der Waals surface area (Å²) >= 11 is 0. The van der Waals surface area contributed by atoms with Gasteiger partial charge in [-0.15, -0.1) is 0 Å². The Bertz CT molecular complexity index is 429. The molecular formula is C13H15NO3. The largest absolute Gasteiger partial charge is 0.494 e. The number of benzene rings is 1. The lowest BCUT2D eigenvalue weighted by Crippen LogP contribution is -2.13. The number of nitriles is 1. The highest BCUT2D eigenvalue weighted by Gasteiger charge is 2.16. The first kappa shape index (κ1) is 13.0. The summed E-state index contributed by atoms with van der Waals surface area (Å²) in [6.07, 6.45) is 0.629. The van der Waals surface area contributed by atoms with E-state index in [2.05, 4.69) is 6.07 Å². The van der Waals surface area contributed by atoms with Gasteiger partial charge in [0.1, 0.15) is 5.75 Å². The van der Waals surface area contributed by atoms with E-state index < -0.39 is 11.4 Å². The van der Waals surface area contributed by atoms with Crippen LogP contribution < -0.4 is 4.74 Å². The number of hydrogen-bond donors (Lipinski definition) is 1. The Morgan fingerprint density at radius 2 is 2.00 bits per heavy atom. The smallest absolute Gasteiger partial charge is 0.335 e. The van der Waals surface area contributed by atoms with Crippen LogP contribution in [0.15, 0.2) is 24.3 Å². The van der Waals surface area contributed by atoms with Crippen molar-refractivity contribution in [2.24, 2.45) is 5.41 Å². The average molecular weight is 233 g/mol. The summed E-state index contributed by atoms with van der Waals surface area (Å²) in [7, 11) is 0. The molecule has 17 heavy (non-hydrogen) atoms. The number of carbonyl (C=O) groups is 1. The van der Waals surface area contributed by atoms with Crippen LogP contribution >= 0.6 is 0 Å². The van der Waals surface area contributed by atoms with Crippen molar-refractivity contribution in [2.75, 3.05) is 6.61 Å². The number of nitrogens with zero attached hydrogens (tertiary/aromatic N) is 1. The zero-order valence-electron chi connectivity index (χ0n) is 9.93. The van der Waals surface area contributed by atoms with Crippen LogP contribution in [0.25, 0.3) is 0 Å². The van der Waals surface area contributed by atoms with Gasteiger partial charge >= 0.3 is 5.97 Å². The summed E-state index contributed by atoms with van der Waals surface area (Å²) < 4.78 is 5.43. The van der Waals surface area contributed by atoms with Crippen molar-refractivity contribution in [2.45, 2.75) is 20.3 Å². The van der Waals surface area contributed by atoms with Gasteiger partial charge in [0.25, 0.3) is 0 Å². The highest BCUT2D eigenvalue weighted by Crippen LogP contribution is 2.19. The average Bonchev–Trinajstić information content (AvgIpc) is 2.29. The normalized spacial score (nSPS) is 10.6. The molecule has 4 heteroatoms. The van der Waals surface area contributed by atoms with E-state index in [1.54, 1.807) is 12.1 Å². The maximum atomic E-state index is 10.6. The van der Waals surface area contributed by atoms with Crippen molar-refractivity contribution in [1.29, 1.82) is 5.26 Å². The molecule has 0 aliphatic carbocycles. The van der Waals surface area contributed by atoms with Crippen molar-refractivity contribution < 1.29 is 14.6 Å². The minimum Gasteiger partial charge on any atom is -0.494 e. The maximum Gasteiger partial charge on any atom is 0.335 e.